The summed E-state index contributed by atoms with van der Waals surface area (Å²) in [4.78, 5) is 4.66. The normalized spacial score (nSPS) is 12.9. The molecule has 0 radical (unpaired) electrons. The van der Waals surface area contributed by atoms with Crippen LogP contribution in [0.15, 0.2) is 71.3 Å². The maximum Gasteiger partial charge on any atom is 0.261 e. The Bertz CT molecular complexity index is 2010. The monoisotopic (exact) mass is 639 g/mol. The molecule has 0 unspecified atom stereocenters. The van der Waals surface area contributed by atoms with E-state index in [-0.39, 0.29) is 33.7 Å². The molecule has 2 aromatic heterocycles. The van der Waals surface area contributed by atoms with E-state index in [1.165, 1.54) is 11.1 Å². The first-order valence-corrected chi connectivity index (χ1v) is 16.0. The Morgan fingerprint density at radius 3 is 1.67 bits per heavy atom. The van der Waals surface area contributed by atoms with E-state index in [4.69, 9.17) is 27.7 Å². The highest BCUT2D eigenvalue weighted by molar-refractivity contribution is 6.38. The van der Waals surface area contributed by atoms with Gasteiger partial charge in [0, 0.05) is 10.8 Å². The van der Waals surface area contributed by atoms with Gasteiger partial charge in [0.2, 0.25) is 5.82 Å². The van der Waals surface area contributed by atoms with Gasteiger partial charge in [-0.2, -0.15) is 4.98 Å². The summed E-state index contributed by atoms with van der Waals surface area (Å²) in [6.07, 6.45) is 0. The molecule has 0 bridgehead atoms. The lowest BCUT2D eigenvalue weighted by molar-refractivity contribution is 0.431. The SMILES string of the molecule is CC(C)(C)c1cc(-c2noc(-c3c(Cl)cccc3Cl)n2)c(O)c(-n2c3ccc(C(C)(C)C)cc3c3cc(C(C)(C)C)ccc32)c1. The van der Waals surface area contributed by atoms with Crippen molar-refractivity contribution >= 4 is 45.0 Å². The van der Waals surface area contributed by atoms with Gasteiger partial charge in [-0.15, -0.1) is 0 Å². The molecule has 6 rings (SSSR count). The lowest BCUT2D eigenvalue weighted by Gasteiger charge is -2.23. The van der Waals surface area contributed by atoms with Crippen LogP contribution in [0.2, 0.25) is 10.0 Å². The Labute approximate surface area is 274 Å². The largest absolute Gasteiger partial charge is 0.505 e. The van der Waals surface area contributed by atoms with Crippen LogP contribution in [-0.2, 0) is 16.2 Å². The first-order chi connectivity index (χ1) is 20.9. The zero-order valence-corrected chi connectivity index (χ0v) is 28.8. The molecule has 0 amide bonds. The maximum atomic E-state index is 12.1. The highest BCUT2D eigenvalue weighted by atomic mass is 35.5. The van der Waals surface area contributed by atoms with Crippen molar-refractivity contribution in [3.63, 3.8) is 0 Å². The fourth-order valence-electron chi connectivity index (χ4n) is 5.75. The van der Waals surface area contributed by atoms with E-state index in [1.807, 2.05) is 6.07 Å². The summed E-state index contributed by atoms with van der Waals surface area (Å²) in [6, 6.07) is 22.5. The van der Waals surface area contributed by atoms with Crippen LogP contribution >= 0.6 is 23.2 Å². The average Bonchev–Trinajstić information content (AvgIpc) is 3.54. The Hall–Kier alpha value is -3.80. The Morgan fingerprint density at radius 2 is 1.18 bits per heavy atom. The van der Waals surface area contributed by atoms with E-state index in [2.05, 4.69) is 119 Å². The Morgan fingerprint density at radius 1 is 0.667 bits per heavy atom. The number of hydrogen-bond acceptors (Lipinski definition) is 4. The second-order valence-electron chi connectivity index (χ2n) is 15.0. The van der Waals surface area contributed by atoms with E-state index in [0.29, 0.717) is 26.9 Å². The third-order valence-corrected chi connectivity index (χ3v) is 9.17. The number of phenolic OH excluding ortho intramolecular Hbond substituents is 1. The number of fused-ring (bicyclic) bond motifs is 3. The quantitative estimate of drug-likeness (QED) is 0.209. The van der Waals surface area contributed by atoms with Crippen LogP contribution in [0.1, 0.15) is 79.0 Å². The number of phenols is 1. The summed E-state index contributed by atoms with van der Waals surface area (Å²) in [6.45, 7) is 19.8. The molecule has 0 spiro atoms. The molecule has 4 aromatic carbocycles. The van der Waals surface area contributed by atoms with Crippen LogP contribution in [0.25, 0.3) is 50.3 Å². The second kappa shape index (κ2) is 10.6. The van der Waals surface area contributed by atoms with Crippen LogP contribution in [0.3, 0.4) is 0 Å². The highest BCUT2D eigenvalue weighted by Gasteiger charge is 2.27. The number of hydrogen-bond donors (Lipinski definition) is 1. The minimum Gasteiger partial charge on any atom is -0.505 e. The smallest absolute Gasteiger partial charge is 0.261 e. The predicted molar refractivity (Wildman–Crippen MR) is 187 cm³/mol. The molecular weight excluding hydrogens is 601 g/mol. The average molecular weight is 641 g/mol. The maximum absolute atomic E-state index is 12.1. The second-order valence-corrected chi connectivity index (χ2v) is 15.8. The molecule has 1 N–H and O–H groups in total. The van der Waals surface area contributed by atoms with Crippen molar-refractivity contribution in [3.05, 3.63) is 93.5 Å². The summed E-state index contributed by atoms with van der Waals surface area (Å²) in [7, 11) is 0. The first-order valence-electron chi connectivity index (χ1n) is 15.2. The van der Waals surface area contributed by atoms with Gasteiger partial charge >= 0.3 is 0 Å². The molecule has 232 valence electrons. The van der Waals surface area contributed by atoms with Gasteiger partial charge in [0.05, 0.1) is 37.9 Å². The first kappa shape index (κ1) is 31.2. The number of halogens is 2. The minimum absolute atomic E-state index is 0.0212. The Balaban J connectivity index is 1.66. The van der Waals surface area contributed by atoms with Crippen molar-refractivity contribution in [2.24, 2.45) is 0 Å². The van der Waals surface area contributed by atoms with Crippen LogP contribution in [-0.4, -0.2) is 19.8 Å². The van der Waals surface area contributed by atoms with Crippen molar-refractivity contribution in [2.75, 3.05) is 0 Å². The van der Waals surface area contributed by atoms with Crippen LogP contribution in [0, 0.1) is 0 Å². The van der Waals surface area contributed by atoms with Gasteiger partial charge in [-0.25, -0.2) is 0 Å². The van der Waals surface area contributed by atoms with Gasteiger partial charge in [0.15, 0.2) is 5.75 Å². The zero-order chi connectivity index (χ0) is 32.6. The molecule has 0 fully saturated rings. The standard InChI is InChI=1S/C38H39Cl2N3O2/c1-36(2,3)21-13-15-29-24(17-21)25-18-22(37(4,5)6)14-16-30(25)43(29)31-20-23(38(7,8)9)19-26(33(31)44)34-41-35(45-42-34)32-27(39)11-10-12-28(32)40/h10-20,44H,1-9H3. The van der Waals surface area contributed by atoms with Crippen LogP contribution < -0.4 is 0 Å². The van der Waals surface area contributed by atoms with Gasteiger partial charge in [-0.1, -0.05) is 109 Å². The van der Waals surface area contributed by atoms with E-state index in [0.717, 1.165) is 27.4 Å². The van der Waals surface area contributed by atoms with E-state index in [1.54, 1.807) is 18.2 Å². The number of aromatic nitrogens is 3. The minimum atomic E-state index is -0.243. The van der Waals surface area contributed by atoms with Crippen molar-refractivity contribution in [1.82, 2.24) is 14.7 Å². The summed E-state index contributed by atoms with van der Waals surface area (Å²) in [5.74, 6) is 0.486. The number of aromatic hydroxyl groups is 1. The highest BCUT2D eigenvalue weighted by Crippen LogP contribution is 2.44. The topological polar surface area (TPSA) is 64.1 Å². The fraction of sp³-hybridized carbons (Fsp3) is 0.316. The molecule has 0 saturated carbocycles. The summed E-state index contributed by atoms with van der Waals surface area (Å²) in [5.41, 5.74) is 6.81. The van der Waals surface area contributed by atoms with E-state index >= 15 is 0 Å². The van der Waals surface area contributed by atoms with Crippen molar-refractivity contribution in [1.29, 1.82) is 0 Å². The number of rotatable bonds is 3. The molecule has 5 nitrogen and oxygen atoms in total. The molecule has 0 aliphatic carbocycles. The van der Waals surface area contributed by atoms with Gasteiger partial charge in [-0.3, -0.25) is 0 Å². The molecule has 6 aromatic rings. The number of nitrogens with zero attached hydrogens (tertiary/aromatic N) is 3. The van der Waals surface area contributed by atoms with Gasteiger partial charge < -0.3 is 14.2 Å². The van der Waals surface area contributed by atoms with Crippen molar-refractivity contribution < 1.29 is 9.63 Å². The lowest BCUT2D eigenvalue weighted by Crippen LogP contribution is -2.13. The summed E-state index contributed by atoms with van der Waals surface area (Å²) in [5, 5.41) is 19.5. The van der Waals surface area contributed by atoms with Gasteiger partial charge in [-0.05, 0) is 81.5 Å². The van der Waals surface area contributed by atoms with Crippen LogP contribution in [0.5, 0.6) is 5.75 Å². The lowest BCUT2D eigenvalue weighted by atomic mass is 9.85. The van der Waals surface area contributed by atoms with E-state index in [9.17, 15) is 5.11 Å². The van der Waals surface area contributed by atoms with E-state index < -0.39 is 0 Å². The Kier molecular flexibility index (Phi) is 7.37. The third kappa shape index (κ3) is 5.51. The zero-order valence-electron chi connectivity index (χ0n) is 27.3. The molecule has 2 heterocycles. The third-order valence-electron chi connectivity index (χ3n) is 8.54. The van der Waals surface area contributed by atoms with Gasteiger partial charge in [0.1, 0.15) is 0 Å². The molecule has 7 heteroatoms. The van der Waals surface area contributed by atoms with Crippen molar-refractivity contribution in [2.45, 2.75) is 78.6 Å². The fourth-order valence-corrected chi connectivity index (χ4v) is 6.30. The van der Waals surface area contributed by atoms with Crippen molar-refractivity contribution in [3.8, 4) is 34.3 Å². The number of benzene rings is 4. The molecule has 0 aliphatic heterocycles. The molecule has 0 aliphatic rings. The molecule has 0 atom stereocenters. The summed E-state index contributed by atoms with van der Waals surface area (Å²) < 4.78 is 7.82. The molecule has 0 saturated heterocycles. The van der Waals surface area contributed by atoms with Crippen LogP contribution in [0.4, 0.5) is 0 Å². The molecule has 45 heavy (non-hydrogen) atoms. The van der Waals surface area contributed by atoms with Gasteiger partial charge in [0.25, 0.3) is 5.89 Å². The molecular formula is C38H39Cl2N3O2. The predicted octanol–water partition coefficient (Wildman–Crippen LogP) is 11.4. The summed E-state index contributed by atoms with van der Waals surface area (Å²) >= 11 is 12.9.